The smallest absolute Gasteiger partial charge is 0.418 e. The topological polar surface area (TPSA) is 55.8 Å². The number of esters is 1. The molecule has 0 unspecified atom stereocenters. The molecule has 2 rings (SSSR count). The van der Waals surface area contributed by atoms with Gasteiger partial charge in [-0.25, -0.2) is 9.69 Å². The van der Waals surface area contributed by atoms with Crippen molar-refractivity contribution in [1.82, 2.24) is 0 Å². The molecule has 0 radical (unpaired) electrons. The van der Waals surface area contributed by atoms with E-state index in [2.05, 4.69) is 6.58 Å². The molecule has 21 heavy (non-hydrogen) atoms. The predicted molar refractivity (Wildman–Crippen MR) is 79.1 cm³/mol. The molecule has 1 aliphatic heterocycles. The molecule has 112 valence electrons. The Labute approximate surface area is 124 Å². The largest absolute Gasteiger partial charge is 0.465 e. The van der Waals surface area contributed by atoms with Crippen LogP contribution in [-0.2, 0) is 19.7 Å². The molecule has 5 nitrogen and oxygen atoms in total. The Morgan fingerprint density at radius 2 is 1.81 bits per heavy atom. The molecule has 0 aromatic heterocycles. The van der Waals surface area contributed by atoms with Crippen molar-refractivity contribution < 1.29 is 19.1 Å². The van der Waals surface area contributed by atoms with Crippen molar-refractivity contribution in [1.29, 1.82) is 0 Å². The number of nitrogens with zero attached hydrogens (tertiary/aromatic N) is 1. The number of para-hydroxylation sites is 1. The standard InChI is InChI=1S/C16H19NO4/c1-5-20-14(18)16(4)11(3)17(15(19)21-6-2)13-10-8-7-9-12(13)16/h7-10H,3,5-6H2,1-2,4H3/t16-/m1/s1. The quantitative estimate of drug-likeness (QED) is 0.803. The van der Waals surface area contributed by atoms with Gasteiger partial charge in [-0.3, -0.25) is 4.79 Å². The first kappa shape index (κ1) is 15.1. The van der Waals surface area contributed by atoms with Gasteiger partial charge in [0, 0.05) is 5.70 Å². The number of benzene rings is 1. The lowest BCUT2D eigenvalue weighted by Gasteiger charge is -2.25. The van der Waals surface area contributed by atoms with E-state index in [1.807, 2.05) is 6.07 Å². The number of carbonyl (C=O) groups excluding carboxylic acids is 2. The third-order valence-electron chi connectivity index (χ3n) is 3.66. The molecule has 1 aromatic rings. The van der Waals surface area contributed by atoms with Crippen LogP contribution in [0, 0.1) is 0 Å². The van der Waals surface area contributed by atoms with Gasteiger partial charge in [-0.05, 0) is 32.4 Å². The van der Waals surface area contributed by atoms with Crippen molar-refractivity contribution in [2.75, 3.05) is 18.1 Å². The SMILES string of the molecule is C=C1N(C(=O)OCC)c2ccccc2[C@]1(C)C(=O)OCC. The molecule has 1 heterocycles. The van der Waals surface area contributed by atoms with E-state index < -0.39 is 17.5 Å². The summed E-state index contributed by atoms with van der Waals surface area (Å²) in [6.45, 7) is 9.64. The Morgan fingerprint density at radius 1 is 1.19 bits per heavy atom. The summed E-state index contributed by atoms with van der Waals surface area (Å²) in [4.78, 5) is 25.9. The maximum Gasteiger partial charge on any atom is 0.418 e. The van der Waals surface area contributed by atoms with Crippen molar-refractivity contribution in [3.8, 4) is 0 Å². The third kappa shape index (κ3) is 2.18. The van der Waals surface area contributed by atoms with Gasteiger partial charge in [-0.1, -0.05) is 24.8 Å². The summed E-state index contributed by atoms with van der Waals surface area (Å²) in [7, 11) is 0. The van der Waals surface area contributed by atoms with Crippen molar-refractivity contribution in [2.45, 2.75) is 26.2 Å². The zero-order chi connectivity index (χ0) is 15.6. The minimum absolute atomic E-state index is 0.251. The normalized spacial score (nSPS) is 20.1. The van der Waals surface area contributed by atoms with Gasteiger partial charge in [0.1, 0.15) is 5.41 Å². The minimum Gasteiger partial charge on any atom is -0.465 e. The monoisotopic (exact) mass is 289 g/mol. The van der Waals surface area contributed by atoms with E-state index in [1.54, 1.807) is 39.0 Å². The van der Waals surface area contributed by atoms with Crippen LogP contribution >= 0.6 is 0 Å². The van der Waals surface area contributed by atoms with Crippen LogP contribution in [0.4, 0.5) is 10.5 Å². The molecule has 0 N–H and O–H groups in total. The van der Waals surface area contributed by atoms with Crippen molar-refractivity contribution in [2.24, 2.45) is 0 Å². The zero-order valence-corrected chi connectivity index (χ0v) is 12.5. The van der Waals surface area contributed by atoms with Crippen LogP contribution in [0.5, 0.6) is 0 Å². The van der Waals surface area contributed by atoms with Gasteiger partial charge >= 0.3 is 12.1 Å². The first-order valence-corrected chi connectivity index (χ1v) is 6.91. The first-order valence-electron chi connectivity index (χ1n) is 6.91. The first-order chi connectivity index (χ1) is 9.98. The van der Waals surface area contributed by atoms with Crippen LogP contribution in [-0.4, -0.2) is 25.3 Å². The van der Waals surface area contributed by atoms with Crippen LogP contribution in [0.2, 0.25) is 0 Å². The summed E-state index contributed by atoms with van der Waals surface area (Å²) >= 11 is 0. The van der Waals surface area contributed by atoms with Gasteiger partial charge in [0.05, 0.1) is 18.9 Å². The molecule has 0 fully saturated rings. The molecule has 1 amide bonds. The van der Waals surface area contributed by atoms with E-state index in [-0.39, 0.29) is 13.2 Å². The van der Waals surface area contributed by atoms with Crippen LogP contribution < -0.4 is 4.90 Å². The molecule has 0 saturated carbocycles. The van der Waals surface area contributed by atoms with Crippen LogP contribution in [0.3, 0.4) is 0 Å². The summed E-state index contributed by atoms with van der Waals surface area (Å²) in [5.41, 5.74) is 0.568. The van der Waals surface area contributed by atoms with Crippen molar-refractivity contribution in [3.63, 3.8) is 0 Å². The lowest BCUT2D eigenvalue weighted by atomic mass is 9.82. The second-order valence-corrected chi connectivity index (χ2v) is 4.84. The average Bonchev–Trinajstić information content (AvgIpc) is 2.70. The van der Waals surface area contributed by atoms with Gasteiger partial charge in [0.2, 0.25) is 0 Å². The van der Waals surface area contributed by atoms with Crippen LogP contribution in [0.1, 0.15) is 26.3 Å². The molecule has 0 saturated heterocycles. The molecule has 1 aromatic carbocycles. The maximum absolute atomic E-state index is 12.4. The Bertz CT molecular complexity index is 596. The molecule has 0 spiro atoms. The molecule has 0 bridgehead atoms. The molecule has 5 heteroatoms. The highest BCUT2D eigenvalue weighted by Crippen LogP contribution is 2.48. The van der Waals surface area contributed by atoms with Gasteiger partial charge in [-0.2, -0.15) is 0 Å². The van der Waals surface area contributed by atoms with E-state index in [4.69, 9.17) is 9.47 Å². The Kier molecular flexibility index (Phi) is 4.02. The number of ether oxygens (including phenoxy) is 2. The maximum atomic E-state index is 12.4. The third-order valence-corrected chi connectivity index (χ3v) is 3.66. The van der Waals surface area contributed by atoms with Gasteiger partial charge < -0.3 is 9.47 Å². The number of anilines is 1. The molecule has 0 aliphatic carbocycles. The molecule has 1 atom stereocenters. The van der Waals surface area contributed by atoms with Crippen LogP contribution in [0.15, 0.2) is 36.5 Å². The highest BCUT2D eigenvalue weighted by molar-refractivity contribution is 6.03. The number of rotatable bonds is 3. The minimum atomic E-state index is -1.08. The highest BCUT2D eigenvalue weighted by atomic mass is 16.6. The lowest BCUT2D eigenvalue weighted by Crippen LogP contribution is -2.39. The van der Waals surface area contributed by atoms with Crippen LogP contribution in [0.25, 0.3) is 0 Å². The van der Waals surface area contributed by atoms with E-state index in [0.717, 1.165) is 0 Å². The number of carbonyl (C=O) groups is 2. The molecular weight excluding hydrogens is 270 g/mol. The van der Waals surface area contributed by atoms with Gasteiger partial charge in [0.15, 0.2) is 0 Å². The Balaban J connectivity index is 2.54. The number of amides is 1. The summed E-state index contributed by atoms with van der Waals surface area (Å²) in [5, 5.41) is 0. The number of hydrogen-bond donors (Lipinski definition) is 0. The fourth-order valence-corrected chi connectivity index (χ4v) is 2.52. The van der Waals surface area contributed by atoms with Crippen molar-refractivity contribution in [3.05, 3.63) is 42.1 Å². The number of fused-ring (bicyclic) bond motifs is 1. The zero-order valence-electron chi connectivity index (χ0n) is 12.5. The summed E-state index contributed by atoms with van der Waals surface area (Å²) < 4.78 is 10.2. The summed E-state index contributed by atoms with van der Waals surface area (Å²) in [6, 6.07) is 7.19. The molecular formula is C16H19NO4. The van der Waals surface area contributed by atoms with E-state index in [9.17, 15) is 9.59 Å². The Morgan fingerprint density at radius 3 is 2.43 bits per heavy atom. The van der Waals surface area contributed by atoms with Gasteiger partial charge in [-0.15, -0.1) is 0 Å². The summed E-state index contributed by atoms with van der Waals surface area (Å²) in [5.74, 6) is -0.422. The fourth-order valence-electron chi connectivity index (χ4n) is 2.52. The second-order valence-electron chi connectivity index (χ2n) is 4.84. The van der Waals surface area contributed by atoms with Gasteiger partial charge in [0.25, 0.3) is 0 Å². The van der Waals surface area contributed by atoms with E-state index >= 15 is 0 Å². The van der Waals surface area contributed by atoms with E-state index in [0.29, 0.717) is 16.9 Å². The van der Waals surface area contributed by atoms with E-state index in [1.165, 1.54) is 4.90 Å². The molecule has 1 aliphatic rings. The second kappa shape index (κ2) is 5.60. The number of hydrogen-bond acceptors (Lipinski definition) is 4. The fraction of sp³-hybridized carbons (Fsp3) is 0.375. The summed E-state index contributed by atoms with van der Waals surface area (Å²) in [6.07, 6.45) is -0.539. The predicted octanol–water partition coefficient (Wildman–Crippen LogP) is 3.00. The average molecular weight is 289 g/mol. The lowest BCUT2D eigenvalue weighted by molar-refractivity contribution is -0.147. The Hall–Kier alpha value is -2.30. The highest BCUT2D eigenvalue weighted by Gasteiger charge is 2.51. The van der Waals surface area contributed by atoms with Crippen molar-refractivity contribution >= 4 is 17.7 Å².